The summed E-state index contributed by atoms with van der Waals surface area (Å²) in [4.78, 5) is 2.84. The topological polar surface area (TPSA) is 15.3 Å². The normalized spacial score (nSPS) is 36.0. The lowest BCUT2D eigenvalue weighted by Gasteiger charge is -2.37. The van der Waals surface area contributed by atoms with Crippen LogP contribution in [0.4, 0.5) is 0 Å². The van der Waals surface area contributed by atoms with Crippen LogP contribution in [0.1, 0.15) is 51.4 Å². The molecule has 2 nitrogen and oxygen atoms in total. The van der Waals surface area contributed by atoms with E-state index in [9.17, 15) is 0 Å². The van der Waals surface area contributed by atoms with Crippen LogP contribution in [0.3, 0.4) is 0 Å². The summed E-state index contributed by atoms with van der Waals surface area (Å²) < 4.78 is 0. The van der Waals surface area contributed by atoms with Gasteiger partial charge in [-0.25, -0.2) is 0 Å². The summed E-state index contributed by atoms with van der Waals surface area (Å²) in [6, 6.07) is 1.67. The Labute approximate surface area is 123 Å². The molecule has 3 fully saturated rings. The number of hydrogen-bond acceptors (Lipinski definition) is 3. The molecule has 0 spiro atoms. The molecule has 1 aliphatic carbocycles. The SMILES string of the molecule is C1CCC(C2CN(C3CCCSC3)CCCN2)CC1. The number of nitrogens with one attached hydrogen (secondary N) is 1. The van der Waals surface area contributed by atoms with Crippen molar-refractivity contribution in [3.05, 3.63) is 0 Å². The van der Waals surface area contributed by atoms with E-state index in [1.165, 1.54) is 82.5 Å². The Hall–Kier alpha value is 0.270. The molecule has 2 heterocycles. The molecule has 0 aromatic rings. The molecule has 110 valence electrons. The van der Waals surface area contributed by atoms with Crippen molar-refractivity contribution in [3.63, 3.8) is 0 Å². The van der Waals surface area contributed by atoms with Gasteiger partial charge in [-0.3, -0.25) is 4.90 Å². The molecule has 1 saturated carbocycles. The van der Waals surface area contributed by atoms with Gasteiger partial charge in [0, 0.05) is 24.4 Å². The quantitative estimate of drug-likeness (QED) is 0.838. The molecule has 2 saturated heterocycles. The first kappa shape index (κ1) is 14.2. The van der Waals surface area contributed by atoms with Crippen molar-refractivity contribution in [3.8, 4) is 0 Å². The van der Waals surface area contributed by atoms with E-state index < -0.39 is 0 Å². The Balaban J connectivity index is 1.58. The lowest BCUT2D eigenvalue weighted by Crippen LogP contribution is -2.48. The van der Waals surface area contributed by atoms with Crippen molar-refractivity contribution in [2.45, 2.75) is 63.5 Å². The van der Waals surface area contributed by atoms with Gasteiger partial charge in [0.25, 0.3) is 0 Å². The summed E-state index contributed by atoms with van der Waals surface area (Å²) in [5.41, 5.74) is 0. The molecule has 2 unspecified atom stereocenters. The molecule has 0 bridgehead atoms. The summed E-state index contributed by atoms with van der Waals surface area (Å²) in [5, 5.41) is 3.87. The third kappa shape index (κ3) is 3.89. The lowest BCUT2D eigenvalue weighted by atomic mass is 9.83. The van der Waals surface area contributed by atoms with Gasteiger partial charge in [0.2, 0.25) is 0 Å². The smallest absolute Gasteiger partial charge is 0.0223 e. The minimum Gasteiger partial charge on any atom is -0.312 e. The number of thioether (sulfide) groups is 1. The first-order valence-electron chi connectivity index (χ1n) is 8.48. The minimum atomic E-state index is 0.787. The van der Waals surface area contributed by atoms with E-state index in [0.29, 0.717) is 0 Å². The Kier molecular flexibility index (Phi) is 5.48. The summed E-state index contributed by atoms with van der Waals surface area (Å²) in [5.74, 6) is 3.75. The summed E-state index contributed by atoms with van der Waals surface area (Å²) in [6.07, 6.45) is 11.6. The van der Waals surface area contributed by atoms with Gasteiger partial charge in [-0.15, -0.1) is 0 Å². The standard InChI is InChI=1S/C16H30N2S/c1-2-6-14(7-3-1)16-12-18(10-5-9-17-16)15-8-4-11-19-13-15/h14-17H,1-13H2. The molecule has 0 amide bonds. The van der Waals surface area contributed by atoms with Crippen LogP contribution in [0.2, 0.25) is 0 Å². The van der Waals surface area contributed by atoms with E-state index in [1.807, 2.05) is 0 Å². The average Bonchev–Trinajstić information content (AvgIpc) is 2.75. The minimum absolute atomic E-state index is 0.787. The Morgan fingerprint density at radius 3 is 2.63 bits per heavy atom. The van der Waals surface area contributed by atoms with Crippen LogP contribution in [-0.4, -0.2) is 48.1 Å². The van der Waals surface area contributed by atoms with Crippen LogP contribution < -0.4 is 5.32 Å². The van der Waals surface area contributed by atoms with E-state index >= 15 is 0 Å². The fourth-order valence-corrected chi connectivity index (χ4v) is 5.36. The van der Waals surface area contributed by atoms with Gasteiger partial charge in [-0.05, 0) is 56.9 Å². The zero-order chi connectivity index (χ0) is 12.9. The van der Waals surface area contributed by atoms with Gasteiger partial charge in [0.15, 0.2) is 0 Å². The third-order valence-electron chi connectivity index (χ3n) is 5.33. The van der Waals surface area contributed by atoms with Crippen molar-refractivity contribution in [1.82, 2.24) is 10.2 Å². The second-order valence-corrected chi connectivity index (χ2v) is 7.83. The second-order valence-electron chi connectivity index (χ2n) is 6.68. The fourth-order valence-electron chi connectivity index (χ4n) is 4.17. The fraction of sp³-hybridized carbons (Fsp3) is 1.00. The van der Waals surface area contributed by atoms with Crippen molar-refractivity contribution in [2.75, 3.05) is 31.1 Å². The summed E-state index contributed by atoms with van der Waals surface area (Å²) in [7, 11) is 0. The average molecular weight is 282 g/mol. The second kappa shape index (κ2) is 7.33. The zero-order valence-electron chi connectivity index (χ0n) is 12.3. The van der Waals surface area contributed by atoms with Crippen molar-refractivity contribution < 1.29 is 0 Å². The first-order valence-corrected chi connectivity index (χ1v) is 9.64. The summed E-state index contributed by atoms with van der Waals surface area (Å²) in [6.45, 7) is 3.91. The van der Waals surface area contributed by atoms with Crippen LogP contribution in [-0.2, 0) is 0 Å². The Morgan fingerprint density at radius 1 is 0.947 bits per heavy atom. The zero-order valence-corrected chi connectivity index (χ0v) is 13.1. The van der Waals surface area contributed by atoms with E-state index in [2.05, 4.69) is 22.0 Å². The van der Waals surface area contributed by atoms with E-state index in [0.717, 1.165) is 18.0 Å². The predicted octanol–water partition coefficient (Wildman–Crippen LogP) is 3.13. The molecule has 19 heavy (non-hydrogen) atoms. The number of nitrogens with zero attached hydrogens (tertiary/aromatic N) is 1. The molecular formula is C16H30N2S. The molecule has 3 aliphatic rings. The van der Waals surface area contributed by atoms with Gasteiger partial charge < -0.3 is 5.32 Å². The highest BCUT2D eigenvalue weighted by Crippen LogP contribution is 2.29. The van der Waals surface area contributed by atoms with E-state index in [-0.39, 0.29) is 0 Å². The summed E-state index contributed by atoms with van der Waals surface area (Å²) >= 11 is 2.18. The maximum absolute atomic E-state index is 3.87. The van der Waals surface area contributed by atoms with Gasteiger partial charge in [0.1, 0.15) is 0 Å². The molecule has 0 aromatic heterocycles. The van der Waals surface area contributed by atoms with E-state index in [1.54, 1.807) is 0 Å². The number of rotatable bonds is 2. The highest BCUT2D eigenvalue weighted by Gasteiger charge is 2.30. The number of hydrogen-bond donors (Lipinski definition) is 1. The molecule has 3 rings (SSSR count). The van der Waals surface area contributed by atoms with Crippen molar-refractivity contribution in [1.29, 1.82) is 0 Å². The van der Waals surface area contributed by atoms with Crippen molar-refractivity contribution in [2.24, 2.45) is 5.92 Å². The van der Waals surface area contributed by atoms with Gasteiger partial charge in [0.05, 0.1) is 0 Å². The molecule has 0 aromatic carbocycles. The molecular weight excluding hydrogens is 252 g/mol. The van der Waals surface area contributed by atoms with Gasteiger partial charge >= 0.3 is 0 Å². The van der Waals surface area contributed by atoms with Crippen LogP contribution in [0, 0.1) is 5.92 Å². The maximum Gasteiger partial charge on any atom is 0.0223 e. The Morgan fingerprint density at radius 2 is 1.84 bits per heavy atom. The van der Waals surface area contributed by atoms with Gasteiger partial charge in [-0.2, -0.15) is 11.8 Å². The molecule has 2 atom stereocenters. The highest BCUT2D eigenvalue weighted by molar-refractivity contribution is 7.99. The Bertz CT molecular complexity index is 233. The molecule has 2 aliphatic heterocycles. The van der Waals surface area contributed by atoms with Crippen LogP contribution in [0.5, 0.6) is 0 Å². The van der Waals surface area contributed by atoms with Crippen LogP contribution in [0.15, 0.2) is 0 Å². The third-order valence-corrected chi connectivity index (χ3v) is 6.53. The highest BCUT2D eigenvalue weighted by atomic mass is 32.2. The van der Waals surface area contributed by atoms with Crippen LogP contribution in [0.25, 0.3) is 0 Å². The maximum atomic E-state index is 3.87. The first-order chi connectivity index (χ1) is 9.43. The van der Waals surface area contributed by atoms with Crippen LogP contribution >= 0.6 is 11.8 Å². The monoisotopic (exact) mass is 282 g/mol. The van der Waals surface area contributed by atoms with Gasteiger partial charge in [-0.1, -0.05) is 19.3 Å². The molecule has 0 radical (unpaired) electrons. The van der Waals surface area contributed by atoms with E-state index in [4.69, 9.17) is 0 Å². The predicted molar refractivity (Wildman–Crippen MR) is 84.9 cm³/mol. The van der Waals surface area contributed by atoms with Crippen molar-refractivity contribution >= 4 is 11.8 Å². The lowest BCUT2D eigenvalue weighted by molar-refractivity contribution is 0.164. The largest absolute Gasteiger partial charge is 0.312 e. The molecule has 1 N–H and O–H groups in total. The molecule has 3 heteroatoms.